The molecule has 0 unspecified atom stereocenters. The van der Waals surface area contributed by atoms with E-state index in [0.717, 1.165) is 17.9 Å². The molecule has 4 nitrogen and oxygen atoms in total. The average Bonchev–Trinajstić information content (AvgIpc) is 2.76. The van der Waals surface area contributed by atoms with Crippen molar-refractivity contribution in [2.45, 2.75) is 26.0 Å². The maximum Gasteiger partial charge on any atom is 0.0769 e. The molecule has 0 bridgehead atoms. The third kappa shape index (κ3) is 4.19. The molecule has 1 aromatic carbocycles. The highest BCUT2D eigenvalue weighted by Gasteiger charge is 2.16. The molecule has 0 aliphatic carbocycles. The molecule has 2 rings (SSSR count). The first-order valence-corrected chi connectivity index (χ1v) is 6.45. The smallest absolute Gasteiger partial charge is 0.0769 e. The Balaban J connectivity index is 2.02. The van der Waals surface area contributed by atoms with Crippen molar-refractivity contribution < 1.29 is 5.11 Å². The van der Waals surface area contributed by atoms with Gasteiger partial charge in [-0.1, -0.05) is 18.2 Å². The van der Waals surface area contributed by atoms with Crippen LogP contribution in [0.25, 0.3) is 5.69 Å². The molecule has 19 heavy (non-hydrogen) atoms. The predicted octanol–water partition coefficient (Wildman–Crippen LogP) is 2.07. The lowest BCUT2D eigenvalue weighted by Crippen LogP contribution is -2.35. The fourth-order valence-electron chi connectivity index (χ4n) is 2.16. The van der Waals surface area contributed by atoms with E-state index < -0.39 is 5.60 Å². The van der Waals surface area contributed by atoms with Crippen molar-refractivity contribution in [1.82, 2.24) is 14.7 Å². The normalized spacial score (nSPS) is 12.1. The van der Waals surface area contributed by atoms with Crippen LogP contribution in [0.3, 0.4) is 0 Å². The van der Waals surface area contributed by atoms with Crippen LogP contribution in [0.2, 0.25) is 0 Å². The van der Waals surface area contributed by atoms with Gasteiger partial charge < -0.3 is 5.11 Å². The van der Waals surface area contributed by atoms with Gasteiger partial charge in [0.15, 0.2) is 0 Å². The van der Waals surface area contributed by atoms with Crippen LogP contribution in [0.15, 0.2) is 42.6 Å². The second kappa shape index (κ2) is 5.55. The zero-order chi connectivity index (χ0) is 13.9. The number of aliphatic hydroxyl groups is 1. The van der Waals surface area contributed by atoms with Crippen LogP contribution < -0.4 is 0 Å². The number of para-hydroxylation sites is 1. The van der Waals surface area contributed by atoms with Crippen molar-refractivity contribution in [3.8, 4) is 5.69 Å². The molecule has 0 radical (unpaired) electrons. The fourth-order valence-corrected chi connectivity index (χ4v) is 2.16. The first-order valence-electron chi connectivity index (χ1n) is 6.45. The van der Waals surface area contributed by atoms with E-state index in [-0.39, 0.29) is 0 Å². The Bertz CT molecular complexity index is 514. The lowest BCUT2D eigenvalue weighted by Gasteiger charge is -2.24. The van der Waals surface area contributed by atoms with Gasteiger partial charge in [-0.15, -0.1) is 0 Å². The van der Waals surface area contributed by atoms with E-state index in [1.54, 1.807) is 0 Å². The van der Waals surface area contributed by atoms with Crippen molar-refractivity contribution >= 4 is 0 Å². The Labute approximate surface area is 114 Å². The molecule has 0 saturated carbocycles. The molecule has 1 N–H and O–H groups in total. The number of likely N-dealkylation sites (N-methyl/N-ethyl adjacent to an activating group) is 1. The minimum absolute atomic E-state index is 0.616. The lowest BCUT2D eigenvalue weighted by atomic mass is 10.1. The fraction of sp³-hybridized carbons (Fsp3) is 0.400. The summed E-state index contributed by atoms with van der Waals surface area (Å²) in [6, 6.07) is 12.0. The van der Waals surface area contributed by atoms with Gasteiger partial charge in [-0.2, -0.15) is 5.10 Å². The van der Waals surface area contributed by atoms with Crippen molar-refractivity contribution in [3.05, 3.63) is 48.3 Å². The predicted molar refractivity (Wildman–Crippen MR) is 76.2 cm³/mol. The zero-order valence-electron chi connectivity index (χ0n) is 11.7. The molecule has 0 saturated heterocycles. The molecular weight excluding hydrogens is 238 g/mol. The van der Waals surface area contributed by atoms with Crippen molar-refractivity contribution in [2.24, 2.45) is 0 Å². The highest BCUT2D eigenvalue weighted by Crippen LogP contribution is 2.10. The minimum Gasteiger partial charge on any atom is -0.389 e. The van der Waals surface area contributed by atoms with E-state index in [2.05, 4.69) is 10.00 Å². The molecule has 0 spiro atoms. The zero-order valence-corrected chi connectivity index (χ0v) is 11.7. The van der Waals surface area contributed by atoms with Gasteiger partial charge in [-0.25, -0.2) is 4.68 Å². The van der Waals surface area contributed by atoms with Crippen molar-refractivity contribution in [2.75, 3.05) is 13.6 Å². The van der Waals surface area contributed by atoms with Crippen molar-refractivity contribution in [3.63, 3.8) is 0 Å². The van der Waals surface area contributed by atoms with E-state index >= 15 is 0 Å². The summed E-state index contributed by atoms with van der Waals surface area (Å²) in [5.41, 5.74) is 1.37. The second-order valence-corrected chi connectivity index (χ2v) is 5.57. The third-order valence-corrected chi connectivity index (χ3v) is 2.75. The second-order valence-electron chi connectivity index (χ2n) is 5.57. The van der Waals surface area contributed by atoms with E-state index in [1.165, 1.54) is 0 Å². The Morgan fingerprint density at radius 3 is 2.53 bits per heavy atom. The van der Waals surface area contributed by atoms with E-state index in [1.807, 2.05) is 68.2 Å². The van der Waals surface area contributed by atoms with Gasteiger partial charge in [0.25, 0.3) is 0 Å². The summed E-state index contributed by atoms with van der Waals surface area (Å²) in [6.07, 6.45) is 1.96. The van der Waals surface area contributed by atoms with Crippen LogP contribution in [0.5, 0.6) is 0 Å². The highest BCUT2D eigenvalue weighted by atomic mass is 16.3. The summed E-state index contributed by atoms with van der Waals surface area (Å²) >= 11 is 0. The maximum absolute atomic E-state index is 9.78. The summed E-state index contributed by atoms with van der Waals surface area (Å²) in [7, 11) is 1.99. The van der Waals surface area contributed by atoms with Gasteiger partial charge in [0.2, 0.25) is 0 Å². The molecule has 4 heteroatoms. The SMILES string of the molecule is CN(Cc1ccn(-c2ccccc2)n1)CC(C)(C)O. The monoisotopic (exact) mass is 259 g/mol. The van der Waals surface area contributed by atoms with Crippen LogP contribution in [-0.2, 0) is 6.54 Å². The Kier molecular flexibility index (Phi) is 4.02. The van der Waals surface area contributed by atoms with Gasteiger partial charge in [0.05, 0.1) is 17.0 Å². The molecule has 2 aromatic rings. The minimum atomic E-state index is -0.684. The Morgan fingerprint density at radius 2 is 1.89 bits per heavy atom. The summed E-state index contributed by atoms with van der Waals surface area (Å²) in [4.78, 5) is 2.07. The number of hydrogen-bond donors (Lipinski definition) is 1. The molecule has 1 aromatic heterocycles. The van der Waals surface area contributed by atoms with Crippen LogP contribution in [0.4, 0.5) is 0 Å². The molecule has 0 fully saturated rings. The first-order chi connectivity index (χ1) is 8.94. The number of aromatic nitrogens is 2. The van der Waals surface area contributed by atoms with E-state index in [9.17, 15) is 5.11 Å². The molecule has 1 heterocycles. The number of benzene rings is 1. The molecule has 0 aliphatic rings. The molecule has 0 atom stereocenters. The number of rotatable bonds is 5. The van der Waals surface area contributed by atoms with Gasteiger partial charge in [0.1, 0.15) is 0 Å². The maximum atomic E-state index is 9.78. The average molecular weight is 259 g/mol. The quantitative estimate of drug-likeness (QED) is 0.893. The van der Waals surface area contributed by atoms with Crippen LogP contribution >= 0.6 is 0 Å². The van der Waals surface area contributed by atoms with E-state index in [4.69, 9.17) is 0 Å². The van der Waals surface area contributed by atoms with Crippen LogP contribution in [0, 0.1) is 0 Å². The summed E-state index contributed by atoms with van der Waals surface area (Å²) < 4.78 is 1.87. The first kappa shape index (κ1) is 13.8. The standard InChI is InChI=1S/C15H21N3O/c1-15(2,19)12-17(3)11-13-9-10-18(16-13)14-7-5-4-6-8-14/h4-10,19H,11-12H2,1-3H3. The largest absolute Gasteiger partial charge is 0.389 e. The van der Waals surface area contributed by atoms with Gasteiger partial charge in [0, 0.05) is 19.3 Å². The van der Waals surface area contributed by atoms with E-state index in [0.29, 0.717) is 6.54 Å². The third-order valence-electron chi connectivity index (χ3n) is 2.75. The van der Waals surface area contributed by atoms with Gasteiger partial charge >= 0.3 is 0 Å². The summed E-state index contributed by atoms with van der Waals surface area (Å²) in [5, 5.41) is 14.3. The lowest BCUT2D eigenvalue weighted by molar-refractivity contribution is 0.0421. The number of nitrogens with zero attached hydrogens (tertiary/aromatic N) is 3. The molecule has 0 aliphatic heterocycles. The molecule has 102 valence electrons. The number of hydrogen-bond acceptors (Lipinski definition) is 3. The van der Waals surface area contributed by atoms with Crippen molar-refractivity contribution in [1.29, 1.82) is 0 Å². The highest BCUT2D eigenvalue weighted by molar-refractivity contribution is 5.30. The van der Waals surface area contributed by atoms with Gasteiger partial charge in [-0.05, 0) is 39.1 Å². The van der Waals surface area contributed by atoms with Crippen LogP contribution in [-0.4, -0.2) is 39.0 Å². The summed E-state index contributed by atoms with van der Waals surface area (Å²) in [6.45, 7) is 4.97. The Hall–Kier alpha value is -1.65. The van der Waals surface area contributed by atoms with Crippen LogP contribution in [0.1, 0.15) is 19.5 Å². The molecular formula is C15H21N3O. The Morgan fingerprint density at radius 1 is 1.21 bits per heavy atom. The van der Waals surface area contributed by atoms with Gasteiger partial charge in [-0.3, -0.25) is 4.90 Å². The molecule has 0 amide bonds. The summed E-state index contributed by atoms with van der Waals surface area (Å²) in [5.74, 6) is 0. The topological polar surface area (TPSA) is 41.3 Å².